The van der Waals surface area contributed by atoms with E-state index in [1.807, 2.05) is 6.92 Å². The first-order chi connectivity index (χ1) is 8.63. The van der Waals surface area contributed by atoms with Gasteiger partial charge in [0.15, 0.2) is 0 Å². The Bertz CT molecular complexity index is 544. The van der Waals surface area contributed by atoms with Crippen molar-refractivity contribution < 1.29 is 9.13 Å². The first-order valence-electron chi connectivity index (χ1n) is 5.55. The Hall–Kier alpha value is -1.43. The lowest BCUT2D eigenvalue weighted by molar-refractivity contribution is 0.411. The third-order valence-corrected chi connectivity index (χ3v) is 3.66. The van der Waals surface area contributed by atoms with Crippen LogP contribution in [-0.4, -0.2) is 22.1 Å². The van der Waals surface area contributed by atoms with Crippen LogP contribution in [-0.2, 0) is 0 Å². The van der Waals surface area contributed by atoms with Gasteiger partial charge in [0, 0.05) is 12.1 Å². The molecule has 0 spiro atoms. The summed E-state index contributed by atoms with van der Waals surface area (Å²) < 4.78 is 19.9. The second-order valence-electron chi connectivity index (χ2n) is 3.81. The Morgan fingerprint density at radius 1 is 1.44 bits per heavy atom. The highest BCUT2D eigenvalue weighted by Crippen LogP contribution is 2.25. The third-order valence-electron chi connectivity index (χ3n) is 2.55. The van der Waals surface area contributed by atoms with E-state index in [4.69, 9.17) is 4.74 Å². The van der Waals surface area contributed by atoms with Gasteiger partial charge in [0.25, 0.3) is 0 Å². The van der Waals surface area contributed by atoms with E-state index in [9.17, 15) is 4.39 Å². The largest absolute Gasteiger partial charge is 0.497 e. The van der Waals surface area contributed by atoms with Gasteiger partial charge in [-0.1, -0.05) is 28.1 Å². The van der Waals surface area contributed by atoms with Crippen LogP contribution >= 0.6 is 15.9 Å². The maximum absolute atomic E-state index is 13.4. The normalized spacial score (nSPS) is 12.4. The Morgan fingerprint density at radius 3 is 2.89 bits per heavy atom. The fourth-order valence-electron chi connectivity index (χ4n) is 1.55. The number of benzene rings is 1. The van der Waals surface area contributed by atoms with Gasteiger partial charge in [-0.2, -0.15) is 0 Å². The van der Waals surface area contributed by atoms with Gasteiger partial charge < -0.3 is 4.74 Å². The molecular weight excluding hydrogens is 301 g/mol. The van der Waals surface area contributed by atoms with Crippen LogP contribution in [0.4, 0.5) is 4.39 Å². The molecule has 0 N–H and O–H groups in total. The first kappa shape index (κ1) is 13.0. The molecule has 0 amide bonds. The topological polar surface area (TPSA) is 39.9 Å². The van der Waals surface area contributed by atoms with E-state index in [-0.39, 0.29) is 10.6 Å². The summed E-state index contributed by atoms with van der Waals surface area (Å²) in [6.07, 6.45) is 2.68. The van der Waals surface area contributed by atoms with Gasteiger partial charge in [-0.15, -0.1) is 5.10 Å². The molecule has 2 aromatic rings. The van der Waals surface area contributed by atoms with Crippen molar-refractivity contribution in [2.45, 2.75) is 18.2 Å². The van der Waals surface area contributed by atoms with Crippen LogP contribution in [0.2, 0.25) is 0 Å². The van der Waals surface area contributed by atoms with Crippen LogP contribution < -0.4 is 4.74 Å². The van der Waals surface area contributed by atoms with Crippen LogP contribution in [0, 0.1) is 5.82 Å². The molecule has 1 aromatic heterocycles. The maximum atomic E-state index is 13.4. The number of alkyl halides is 1. The minimum Gasteiger partial charge on any atom is -0.497 e. The van der Waals surface area contributed by atoms with E-state index in [1.54, 1.807) is 12.3 Å². The van der Waals surface area contributed by atoms with Crippen molar-refractivity contribution in [1.29, 1.82) is 0 Å². The van der Waals surface area contributed by atoms with Gasteiger partial charge in [0.05, 0.1) is 29.5 Å². The summed E-state index contributed by atoms with van der Waals surface area (Å²) in [7, 11) is 1.50. The van der Waals surface area contributed by atoms with Gasteiger partial charge in [-0.25, -0.2) is 9.07 Å². The zero-order valence-electron chi connectivity index (χ0n) is 10.1. The highest BCUT2D eigenvalue weighted by atomic mass is 79.9. The molecule has 18 heavy (non-hydrogen) atoms. The van der Waals surface area contributed by atoms with Crippen LogP contribution in [0.1, 0.15) is 23.9 Å². The zero-order valence-corrected chi connectivity index (χ0v) is 11.7. The summed E-state index contributed by atoms with van der Waals surface area (Å²) in [5.74, 6) is 0.0835. The lowest BCUT2D eigenvalue weighted by atomic mass is 10.2. The molecule has 0 aliphatic rings. The second kappa shape index (κ2) is 5.48. The molecule has 1 aromatic carbocycles. The first-order valence-corrected chi connectivity index (χ1v) is 6.47. The quantitative estimate of drug-likeness (QED) is 0.813. The second-order valence-corrected chi connectivity index (χ2v) is 4.92. The fourth-order valence-corrected chi connectivity index (χ4v) is 1.76. The summed E-state index contributed by atoms with van der Waals surface area (Å²) >= 11 is 3.50. The average molecular weight is 314 g/mol. The van der Waals surface area contributed by atoms with E-state index in [1.165, 1.54) is 23.9 Å². The van der Waals surface area contributed by atoms with Gasteiger partial charge in [-0.05, 0) is 12.5 Å². The number of ether oxygens (including phenoxy) is 1. The van der Waals surface area contributed by atoms with Crippen molar-refractivity contribution in [3.8, 4) is 11.4 Å². The van der Waals surface area contributed by atoms with Crippen molar-refractivity contribution in [2.75, 3.05) is 7.11 Å². The molecule has 1 atom stereocenters. The highest BCUT2D eigenvalue weighted by Gasteiger charge is 2.11. The molecule has 1 unspecified atom stereocenters. The standard InChI is InChI=1S/C12H13BrFN3O/c1-3-11(13)12-7-17(16-15-12)9-4-8(14)5-10(6-9)18-2/h4-7,11H,3H2,1-2H3. The zero-order chi connectivity index (χ0) is 13.1. The minimum absolute atomic E-state index is 0.154. The SMILES string of the molecule is CCC(Br)c1cn(-c2cc(F)cc(OC)c2)nn1. The van der Waals surface area contributed by atoms with Crippen molar-refractivity contribution in [2.24, 2.45) is 0 Å². The van der Waals surface area contributed by atoms with E-state index in [2.05, 4.69) is 26.2 Å². The molecule has 2 rings (SSSR count). The number of hydrogen-bond donors (Lipinski definition) is 0. The molecular formula is C12H13BrFN3O. The monoisotopic (exact) mass is 313 g/mol. The lowest BCUT2D eigenvalue weighted by Gasteiger charge is -2.04. The molecule has 0 bridgehead atoms. The Kier molecular flexibility index (Phi) is 3.96. The molecule has 0 radical (unpaired) electrons. The summed E-state index contributed by atoms with van der Waals surface area (Å²) in [6, 6.07) is 4.41. The predicted octanol–water partition coefficient (Wildman–Crippen LogP) is 3.26. The number of nitrogens with zero attached hydrogens (tertiary/aromatic N) is 3. The number of rotatable bonds is 4. The number of aromatic nitrogens is 3. The van der Waals surface area contributed by atoms with E-state index in [0.29, 0.717) is 11.4 Å². The number of hydrogen-bond acceptors (Lipinski definition) is 3. The minimum atomic E-state index is -0.368. The Labute approximate surface area is 113 Å². The van der Waals surface area contributed by atoms with Crippen LogP contribution in [0.15, 0.2) is 24.4 Å². The van der Waals surface area contributed by atoms with Crippen molar-refractivity contribution in [3.05, 3.63) is 35.9 Å². The summed E-state index contributed by atoms with van der Waals surface area (Å²) in [5.41, 5.74) is 1.40. The van der Waals surface area contributed by atoms with E-state index >= 15 is 0 Å². The van der Waals surface area contributed by atoms with Crippen molar-refractivity contribution >= 4 is 15.9 Å². The molecule has 1 heterocycles. The molecule has 4 nitrogen and oxygen atoms in total. The van der Waals surface area contributed by atoms with Gasteiger partial charge in [0.1, 0.15) is 11.6 Å². The Balaban J connectivity index is 2.36. The molecule has 6 heteroatoms. The smallest absolute Gasteiger partial charge is 0.129 e. The van der Waals surface area contributed by atoms with Crippen molar-refractivity contribution in [3.63, 3.8) is 0 Å². The summed E-state index contributed by atoms with van der Waals surface area (Å²) in [5, 5.41) is 8.04. The number of methoxy groups -OCH3 is 1. The van der Waals surface area contributed by atoms with Crippen LogP contribution in [0.5, 0.6) is 5.75 Å². The lowest BCUT2D eigenvalue weighted by Crippen LogP contribution is -1.97. The number of halogens is 2. The molecule has 0 fully saturated rings. The predicted molar refractivity (Wildman–Crippen MR) is 69.8 cm³/mol. The fraction of sp³-hybridized carbons (Fsp3) is 0.333. The highest BCUT2D eigenvalue weighted by molar-refractivity contribution is 9.09. The van der Waals surface area contributed by atoms with Crippen LogP contribution in [0.25, 0.3) is 5.69 Å². The third kappa shape index (κ3) is 2.69. The molecule has 0 saturated carbocycles. The van der Waals surface area contributed by atoms with E-state index in [0.717, 1.165) is 12.1 Å². The van der Waals surface area contributed by atoms with Gasteiger partial charge in [0.2, 0.25) is 0 Å². The summed E-state index contributed by atoms with van der Waals surface area (Å²) in [4.78, 5) is 0.154. The summed E-state index contributed by atoms with van der Waals surface area (Å²) in [6.45, 7) is 2.05. The van der Waals surface area contributed by atoms with Gasteiger partial charge in [-0.3, -0.25) is 0 Å². The van der Waals surface area contributed by atoms with E-state index < -0.39 is 0 Å². The average Bonchev–Trinajstić information content (AvgIpc) is 2.86. The molecule has 0 saturated heterocycles. The molecule has 0 aliphatic carbocycles. The molecule has 96 valence electrons. The Morgan fingerprint density at radius 2 is 2.22 bits per heavy atom. The van der Waals surface area contributed by atoms with Crippen molar-refractivity contribution in [1.82, 2.24) is 15.0 Å². The molecule has 0 aliphatic heterocycles. The van der Waals surface area contributed by atoms with Gasteiger partial charge >= 0.3 is 0 Å². The van der Waals surface area contributed by atoms with Crippen LogP contribution in [0.3, 0.4) is 0 Å². The maximum Gasteiger partial charge on any atom is 0.129 e.